The van der Waals surface area contributed by atoms with Crippen LogP contribution >= 0.6 is 0 Å². The highest BCUT2D eigenvalue weighted by Crippen LogP contribution is 2.20. The Hall–Kier alpha value is -2.56. The van der Waals surface area contributed by atoms with Gasteiger partial charge >= 0.3 is 0 Å². The summed E-state index contributed by atoms with van der Waals surface area (Å²) in [6.07, 6.45) is 1.78. The van der Waals surface area contributed by atoms with E-state index < -0.39 is 0 Å². The van der Waals surface area contributed by atoms with Gasteiger partial charge in [0.15, 0.2) is 0 Å². The van der Waals surface area contributed by atoms with Crippen molar-refractivity contribution in [1.82, 2.24) is 25.6 Å². The van der Waals surface area contributed by atoms with Crippen LogP contribution in [0.25, 0.3) is 22.6 Å². The SMILES string of the molecule is c1ccc(-c2ccc(-c3nn[nH]n3)cc2)nc1. The molecule has 5 nitrogen and oxygen atoms in total. The van der Waals surface area contributed by atoms with Crippen molar-refractivity contribution >= 4 is 0 Å². The second kappa shape index (κ2) is 4.13. The zero-order valence-electron chi connectivity index (χ0n) is 8.91. The Balaban J connectivity index is 1.96. The highest BCUT2D eigenvalue weighted by Gasteiger charge is 2.03. The molecule has 0 unspecified atom stereocenters. The van der Waals surface area contributed by atoms with Crippen LogP contribution in [-0.2, 0) is 0 Å². The van der Waals surface area contributed by atoms with E-state index in [0.29, 0.717) is 5.82 Å². The van der Waals surface area contributed by atoms with Crippen LogP contribution in [0.4, 0.5) is 0 Å². The van der Waals surface area contributed by atoms with Gasteiger partial charge in [0.2, 0.25) is 5.82 Å². The third kappa shape index (κ3) is 1.90. The fourth-order valence-corrected chi connectivity index (χ4v) is 1.61. The largest absolute Gasteiger partial charge is 0.256 e. The summed E-state index contributed by atoms with van der Waals surface area (Å²) in [5.74, 6) is 0.595. The van der Waals surface area contributed by atoms with Crippen molar-refractivity contribution < 1.29 is 0 Å². The van der Waals surface area contributed by atoms with Gasteiger partial charge in [-0.3, -0.25) is 4.98 Å². The zero-order valence-corrected chi connectivity index (χ0v) is 8.91. The van der Waals surface area contributed by atoms with E-state index in [4.69, 9.17) is 0 Å². The summed E-state index contributed by atoms with van der Waals surface area (Å²) >= 11 is 0. The lowest BCUT2D eigenvalue weighted by Gasteiger charge is -2.00. The fraction of sp³-hybridized carbons (Fsp3) is 0. The fourth-order valence-electron chi connectivity index (χ4n) is 1.61. The number of hydrogen-bond acceptors (Lipinski definition) is 4. The normalized spacial score (nSPS) is 10.4. The zero-order chi connectivity index (χ0) is 11.5. The van der Waals surface area contributed by atoms with Gasteiger partial charge in [-0.05, 0) is 17.3 Å². The Morgan fingerprint density at radius 2 is 1.71 bits per heavy atom. The van der Waals surface area contributed by atoms with E-state index in [1.807, 2.05) is 42.5 Å². The predicted molar refractivity (Wildman–Crippen MR) is 62.8 cm³/mol. The second-order valence-corrected chi connectivity index (χ2v) is 3.53. The number of benzene rings is 1. The third-order valence-electron chi connectivity index (χ3n) is 2.45. The number of pyridine rings is 1. The maximum atomic E-state index is 4.29. The van der Waals surface area contributed by atoms with Crippen molar-refractivity contribution in [2.45, 2.75) is 0 Å². The Morgan fingerprint density at radius 1 is 0.882 bits per heavy atom. The predicted octanol–water partition coefficient (Wildman–Crippen LogP) is 1.93. The minimum atomic E-state index is 0.595. The molecule has 2 aromatic heterocycles. The van der Waals surface area contributed by atoms with Crippen molar-refractivity contribution in [3.63, 3.8) is 0 Å². The third-order valence-corrected chi connectivity index (χ3v) is 2.45. The van der Waals surface area contributed by atoms with E-state index in [2.05, 4.69) is 25.6 Å². The van der Waals surface area contributed by atoms with Crippen molar-refractivity contribution in [1.29, 1.82) is 0 Å². The molecule has 0 saturated carbocycles. The van der Waals surface area contributed by atoms with Crippen LogP contribution in [0.5, 0.6) is 0 Å². The second-order valence-electron chi connectivity index (χ2n) is 3.53. The smallest absolute Gasteiger partial charge is 0.204 e. The molecule has 82 valence electrons. The van der Waals surface area contributed by atoms with Gasteiger partial charge in [-0.2, -0.15) is 5.21 Å². The molecule has 0 aliphatic rings. The van der Waals surface area contributed by atoms with Crippen molar-refractivity contribution in [2.75, 3.05) is 0 Å². The number of aromatic amines is 1. The first kappa shape index (κ1) is 9.65. The first-order valence-corrected chi connectivity index (χ1v) is 5.19. The van der Waals surface area contributed by atoms with Gasteiger partial charge in [0, 0.05) is 17.3 Å². The number of rotatable bonds is 2. The summed E-state index contributed by atoms with van der Waals surface area (Å²) in [6, 6.07) is 13.7. The van der Waals surface area contributed by atoms with Crippen LogP contribution in [-0.4, -0.2) is 25.6 Å². The lowest BCUT2D eigenvalue weighted by molar-refractivity contribution is 0.881. The van der Waals surface area contributed by atoms with Gasteiger partial charge in [0.05, 0.1) is 5.69 Å². The average Bonchev–Trinajstić information content (AvgIpc) is 2.94. The molecule has 2 heterocycles. The van der Waals surface area contributed by atoms with Gasteiger partial charge in [0.25, 0.3) is 0 Å². The molecule has 0 radical (unpaired) electrons. The number of nitrogens with zero attached hydrogens (tertiary/aromatic N) is 4. The number of H-pyrrole nitrogens is 1. The molecular weight excluding hydrogens is 214 g/mol. The van der Waals surface area contributed by atoms with E-state index in [0.717, 1.165) is 16.8 Å². The molecule has 0 bridgehead atoms. The van der Waals surface area contributed by atoms with Gasteiger partial charge < -0.3 is 0 Å². The average molecular weight is 223 g/mol. The van der Waals surface area contributed by atoms with Gasteiger partial charge in [-0.15, -0.1) is 10.2 Å². The van der Waals surface area contributed by atoms with Gasteiger partial charge in [0.1, 0.15) is 0 Å². The quantitative estimate of drug-likeness (QED) is 0.720. The number of tetrazole rings is 1. The Kier molecular flexibility index (Phi) is 2.34. The number of nitrogens with one attached hydrogen (secondary N) is 1. The summed E-state index contributed by atoms with van der Waals surface area (Å²) in [5.41, 5.74) is 2.95. The lowest BCUT2D eigenvalue weighted by Crippen LogP contribution is -1.84. The van der Waals surface area contributed by atoms with E-state index in [-0.39, 0.29) is 0 Å². The van der Waals surface area contributed by atoms with Crippen LogP contribution in [0.2, 0.25) is 0 Å². The van der Waals surface area contributed by atoms with Gasteiger partial charge in [-0.25, -0.2) is 0 Å². The van der Waals surface area contributed by atoms with Gasteiger partial charge in [-0.1, -0.05) is 30.3 Å². The highest BCUT2D eigenvalue weighted by molar-refractivity contribution is 5.64. The Morgan fingerprint density at radius 3 is 2.35 bits per heavy atom. The van der Waals surface area contributed by atoms with E-state index in [9.17, 15) is 0 Å². The standard InChI is InChI=1S/C12H9N5/c1-2-8-13-11(3-1)9-4-6-10(7-5-9)12-14-16-17-15-12/h1-8H,(H,14,15,16,17). The molecule has 0 fully saturated rings. The number of hydrogen-bond donors (Lipinski definition) is 1. The van der Waals surface area contributed by atoms with E-state index >= 15 is 0 Å². The minimum Gasteiger partial charge on any atom is -0.256 e. The summed E-state index contributed by atoms with van der Waals surface area (Å²) in [6.45, 7) is 0. The van der Waals surface area contributed by atoms with Crippen LogP contribution in [0.1, 0.15) is 0 Å². The molecule has 1 aromatic carbocycles. The van der Waals surface area contributed by atoms with Crippen molar-refractivity contribution in [3.8, 4) is 22.6 Å². The molecule has 0 aliphatic carbocycles. The van der Waals surface area contributed by atoms with Crippen molar-refractivity contribution in [2.24, 2.45) is 0 Å². The van der Waals surface area contributed by atoms with Crippen molar-refractivity contribution in [3.05, 3.63) is 48.7 Å². The van der Waals surface area contributed by atoms with Crippen LogP contribution in [0, 0.1) is 0 Å². The summed E-state index contributed by atoms with van der Waals surface area (Å²) < 4.78 is 0. The molecular formula is C12H9N5. The molecule has 3 aromatic rings. The lowest BCUT2D eigenvalue weighted by atomic mass is 10.1. The van der Waals surface area contributed by atoms with E-state index in [1.54, 1.807) is 6.20 Å². The van der Waals surface area contributed by atoms with E-state index in [1.165, 1.54) is 0 Å². The first-order valence-electron chi connectivity index (χ1n) is 5.19. The topological polar surface area (TPSA) is 67.3 Å². The molecule has 0 spiro atoms. The maximum Gasteiger partial charge on any atom is 0.204 e. The minimum absolute atomic E-state index is 0.595. The van der Waals surface area contributed by atoms with Crippen LogP contribution in [0.3, 0.4) is 0 Å². The summed E-state index contributed by atoms with van der Waals surface area (Å²) in [5, 5.41) is 13.8. The molecule has 5 heteroatoms. The number of aromatic nitrogens is 5. The monoisotopic (exact) mass is 223 g/mol. The summed E-state index contributed by atoms with van der Waals surface area (Å²) in [4.78, 5) is 4.29. The maximum absolute atomic E-state index is 4.29. The molecule has 0 amide bonds. The van der Waals surface area contributed by atoms with Crippen LogP contribution in [0.15, 0.2) is 48.7 Å². The molecule has 0 saturated heterocycles. The molecule has 17 heavy (non-hydrogen) atoms. The molecule has 0 aliphatic heterocycles. The highest BCUT2D eigenvalue weighted by atomic mass is 15.5. The Bertz CT molecular complexity index is 587. The molecule has 1 N–H and O–H groups in total. The Labute approximate surface area is 97.5 Å². The summed E-state index contributed by atoms with van der Waals surface area (Å²) in [7, 11) is 0. The molecule has 0 atom stereocenters. The molecule has 3 rings (SSSR count). The first-order chi connectivity index (χ1) is 8.43. The van der Waals surface area contributed by atoms with Crippen LogP contribution < -0.4 is 0 Å².